The molecule has 1 aliphatic rings. The average Bonchev–Trinajstić information content (AvgIpc) is 3.21. The lowest BCUT2D eigenvalue weighted by atomic mass is 10.0. The molecule has 184 valence electrons. The van der Waals surface area contributed by atoms with Crippen LogP contribution in [0.4, 0.5) is 10.5 Å². The van der Waals surface area contributed by atoms with Crippen LogP contribution in [-0.4, -0.2) is 46.1 Å². The number of carboxylic acid groups (broad SMARTS) is 1. The summed E-state index contributed by atoms with van der Waals surface area (Å²) in [6, 6.07) is 17.8. The lowest BCUT2D eigenvalue weighted by Crippen LogP contribution is -2.48. The van der Waals surface area contributed by atoms with E-state index in [-0.39, 0.29) is 12.3 Å². The maximum atomic E-state index is 13.2. The molecule has 1 N–H and O–H groups in total. The van der Waals surface area contributed by atoms with Gasteiger partial charge in [0.2, 0.25) is 0 Å². The first kappa shape index (κ1) is 24.4. The zero-order chi connectivity index (χ0) is 25.8. The number of ether oxygens (including phenoxy) is 2. The maximum Gasteiger partial charge on any atom is 0.411 e. The lowest BCUT2D eigenvalue weighted by Gasteiger charge is -2.34. The molecule has 1 amide bonds. The Morgan fingerprint density at radius 2 is 1.53 bits per heavy atom. The molecule has 0 radical (unpaired) electrons. The van der Waals surface area contributed by atoms with Gasteiger partial charge in [0, 0.05) is 12.1 Å². The molecule has 0 bridgehead atoms. The molecule has 0 saturated heterocycles. The first-order valence-electron chi connectivity index (χ1n) is 11.0. The molecule has 0 spiro atoms. The molecular formula is C26H22N2O8. The molecule has 4 rings (SSSR count). The van der Waals surface area contributed by atoms with E-state index in [9.17, 15) is 29.6 Å². The summed E-state index contributed by atoms with van der Waals surface area (Å²) in [6.07, 6.45) is -1.60. The molecule has 3 aromatic carbocycles. The number of nitrogens with zero attached hydrogens (tertiary/aromatic N) is 2. The molecular weight excluding hydrogens is 468 g/mol. The van der Waals surface area contributed by atoms with Gasteiger partial charge in [0.05, 0.1) is 24.5 Å². The van der Waals surface area contributed by atoms with Crippen molar-refractivity contribution in [2.45, 2.75) is 25.1 Å². The van der Waals surface area contributed by atoms with Crippen molar-refractivity contribution in [3.63, 3.8) is 0 Å². The largest absolute Gasteiger partial charge is 0.481 e. The molecule has 0 saturated carbocycles. The highest BCUT2D eigenvalue weighted by Crippen LogP contribution is 2.47. The number of esters is 1. The number of hydrogen-bond donors (Lipinski definition) is 1. The minimum absolute atomic E-state index is 0.121. The van der Waals surface area contributed by atoms with Gasteiger partial charge in [0.25, 0.3) is 5.69 Å². The molecule has 10 nitrogen and oxygen atoms in total. The van der Waals surface area contributed by atoms with Crippen molar-refractivity contribution in [3.05, 3.63) is 99.6 Å². The molecule has 1 atom stereocenters. The fourth-order valence-electron chi connectivity index (χ4n) is 4.37. The molecule has 10 heteroatoms. The Hall–Kier alpha value is -4.73. The van der Waals surface area contributed by atoms with E-state index in [1.807, 2.05) is 36.4 Å². The van der Waals surface area contributed by atoms with Crippen molar-refractivity contribution in [2.24, 2.45) is 0 Å². The average molecular weight is 490 g/mol. The molecule has 1 aliphatic carbocycles. The number of amides is 1. The Balaban J connectivity index is 1.69. The van der Waals surface area contributed by atoms with Gasteiger partial charge in [-0.2, -0.15) is 0 Å². The smallest absolute Gasteiger partial charge is 0.411 e. The number of nitro benzene ring substituents is 1. The molecule has 3 aromatic rings. The van der Waals surface area contributed by atoms with E-state index < -0.39 is 41.5 Å². The van der Waals surface area contributed by atoms with Gasteiger partial charge in [-0.15, -0.1) is 0 Å². The van der Waals surface area contributed by atoms with Crippen LogP contribution in [0.3, 0.4) is 0 Å². The second kappa shape index (κ2) is 10.3. The fourth-order valence-corrected chi connectivity index (χ4v) is 4.37. The number of carboxylic acids is 1. The minimum Gasteiger partial charge on any atom is -0.481 e. The number of rotatable bonds is 8. The molecule has 0 aliphatic heterocycles. The Bertz CT molecular complexity index is 1280. The van der Waals surface area contributed by atoms with E-state index in [0.717, 1.165) is 34.3 Å². The van der Waals surface area contributed by atoms with E-state index in [2.05, 4.69) is 0 Å². The topological polar surface area (TPSA) is 136 Å². The molecule has 0 unspecified atom stereocenters. The van der Waals surface area contributed by atoms with Crippen LogP contribution in [0.5, 0.6) is 0 Å². The number of hydrogen-bond acceptors (Lipinski definition) is 7. The van der Waals surface area contributed by atoms with E-state index in [0.29, 0.717) is 5.56 Å². The molecule has 0 aromatic heterocycles. The molecule has 0 fully saturated rings. The van der Waals surface area contributed by atoms with Crippen LogP contribution >= 0.6 is 0 Å². The van der Waals surface area contributed by atoms with Crippen LogP contribution in [0.15, 0.2) is 72.8 Å². The number of aliphatic carboxylic acids is 1. The lowest BCUT2D eigenvalue weighted by molar-refractivity contribution is -0.384. The third kappa shape index (κ3) is 4.74. The molecule has 36 heavy (non-hydrogen) atoms. The van der Waals surface area contributed by atoms with Gasteiger partial charge in [0.1, 0.15) is 12.6 Å². The Morgan fingerprint density at radius 3 is 2.03 bits per heavy atom. The van der Waals surface area contributed by atoms with Crippen LogP contribution in [0.2, 0.25) is 0 Å². The van der Waals surface area contributed by atoms with E-state index in [1.165, 1.54) is 24.3 Å². The van der Waals surface area contributed by atoms with E-state index in [4.69, 9.17) is 9.47 Å². The Kier molecular flexibility index (Phi) is 6.95. The summed E-state index contributed by atoms with van der Waals surface area (Å²) < 4.78 is 10.4. The Labute approximate surface area is 205 Å². The highest BCUT2D eigenvalue weighted by atomic mass is 16.6. The Morgan fingerprint density at radius 1 is 0.972 bits per heavy atom. The van der Waals surface area contributed by atoms with E-state index >= 15 is 0 Å². The highest BCUT2D eigenvalue weighted by molar-refractivity contribution is 5.88. The first-order valence-corrected chi connectivity index (χ1v) is 11.0. The van der Waals surface area contributed by atoms with Crippen molar-refractivity contribution >= 4 is 23.7 Å². The van der Waals surface area contributed by atoms with Crippen molar-refractivity contribution in [3.8, 4) is 11.1 Å². The van der Waals surface area contributed by atoms with Crippen LogP contribution in [-0.2, 0) is 25.7 Å². The third-order valence-electron chi connectivity index (χ3n) is 5.97. The van der Waals surface area contributed by atoms with Gasteiger partial charge in [0.15, 0.2) is 0 Å². The van der Waals surface area contributed by atoms with Gasteiger partial charge in [-0.25, -0.2) is 9.59 Å². The van der Waals surface area contributed by atoms with Crippen molar-refractivity contribution in [2.75, 3.05) is 7.11 Å². The number of benzene rings is 3. The summed E-state index contributed by atoms with van der Waals surface area (Å²) >= 11 is 0. The second-order valence-corrected chi connectivity index (χ2v) is 8.10. The van der Waals surface area contributed by atoms with Gasteiger partial charge in [-0.1, -0.05) is 48.5 Å². The number of nitro groups is 1. The third-order valence-corrected chi connectivity index (χ3v) is 5.97. The first-order chi connectivity index (χ1) is 17.3. The summed E-state index contributed by atoms with van der Waals surface area (Å²) in [7, 11) is 1.15. The van der Waals surface area contributed by atoms with Gasteiger partial charge in [-0.05, 0) is 39.9 Å². The van der Waals surface area contributed by atoms with Crippen molar-refractivity contribution in [1.29, 1.82) is 0 Å². The number of non-ortho nitro benzene ring substituents is 1. The number of methoxy groups -OCH3 is 1. The van der Waals surface area contributed by atoms with Crippen molar-refractivity contribution < 1.29 is 33.9 Å². The monoisotopic (exact) mass is 490 g/mol. The quantitative estimate of drug-likeness (QED) is 0.280. The normalized spacial score (nSPS) is 12.7. The van der Waals surface area contributed by atoms with Crippen LogP contribution in [0.1, 0.15) is 29.2 Å². The van der Waals surface area contributed by atoms with Gasteiger partial charge < -0.3 is 14.6 Å². The van der Waals surface area contributed by atoms with Gasteiger partial charge >= 0.3 is 18.0 Å². The number of carbonyl (C=O) groups is 3. The van der Waals surface area contributed by atoms with Crippen LogP contribution < -0.4 is 0 Å². The predicted octanol–water partition coefficient (Wildman–Crippen LogP) is 4.32. The maximum absolute atomic E-state index is 13.2. The highest BCUT2D eigenvalue weighted by Gasteiger charge is 2.43. The standard InChI is InChI=1S/C26H22N2O8/c1-35-26(32)27(24-20-8-4-2-6-18(20)19-7-3-5-9-21(19)24)22(14-23(29)30)25(31)36-15-16-10-12-17(13-11-16)28(33)34/h2-13,22,24H,14-15H2,1H3,(H,29,30)/t22-/m0/s1. The van der Waals surface area contributed by atoms with Crippen LogP contribution in [0.25, 0.3) is 11.1 Å². The summed E-state index contributed by atoms with van der Waals surface area (Å²) in [6.45, 7) is -0.264. The summed E-state index contributed by atoms with van der Waals surface area (Å²) in [5.74, 6) is -2.25. The zero-order valence-corrected chi connectivity index (χ0v) is 19.2. The fraction of sp³-hybridized carbons (Fsp3) is 0.192. The number of carbonyl (C=O) groups excluding carboxylic acids is 2. The predicted molar refractivity (Wildman–Crippen MR) is 127 cm³/mol. The zero-order valence-electron chi connectivity index (χ0n) is 19.2. The number of fused-ring (bicyclic) bond motifs is 3. The summed E-state index contributed by atoms with van der Waals surface area (Å²) in [5, 5.41) is 20.4. The van der Waals surface area contributed by atoms with Crippen LogP contribution in [0, 0.1) is 10.1 Å². The van der Waals surface area contributed by atoms with Gasteiger partial charge in [-0.3, -0.25) is 19.8 Å². The van der Waals surface area contributed by atoms with E-state index in [1.54, 1.807) is 12.1 Å². The second-order valence-electron chi connectivity index (χ2n) is 8.10. The minimum atomic E-state index is -1.50. The summed E-state index contributed by atoms with van der Waals surface area (Å²) in [4.78, 5) is 49.5. The summed E-state index contributed by atoms with van der Waals surface area (Å²) in [5.41, 5.74) is 3.51. The van der Waals surface area contributed by atoms with Crippen molar-refractivity contribution in [1.82, 2.24) is 4.90 Å². The SMILES string of the molecule is COC(=O)N(C1c2ccccc2-c2ccccc21)[C@@H](CC(=O)O)C(=O)OCc1ccc([N+](=O)[O-])cc1. The molecule has 0 heterocycles.